The highest BCUT2D eigenvalue weighted by molar-refractivity contribution is 7.89. The van der Waals surface area contributed by atoms with Gasteiger partial charge in [-0.05, 0) is 19.4 Å². The average molecular weight is 393 g/mol. The smallest absolute Gasteiger partial charge is 0.248 e. The van der Waals surface area contributed by atoms with Crippen LogP contribution in [0.25, 0.3) is 0 Å². The predicted octanol–water partition coefficient (Wildman–Crippen LogP) is 1.34. The van der Waals surface area contributed by atoms with E-state index in [-0.39, 0.29) is 36.3 Å². The number of ether oxygens (including phenoxy) is 1. The fraction of sp³-hybridized carbons (Fsp3) is 0.444. The quantitative estimate of drug-likeness (QED) is 0.735. The van der Waals surface area contributed by atoms with Crippen LogP contribution in [0.5, 0.6) is 0 Å². The average Bonchev–Trinajstić information content (AvgIpc) is 3.01. The maximum atomic E-state index is 12.8. The van der Waals surface area contributed by atoms with Gasteiger partial charge < -0.3 is 14.2 Å². The van der Waals surface area contributed by atoms with Crippen molar-refractivity contribution in [1.29, 1.82) is 0 Å². The van der Waals surface area contributed by atoms with Crippen LogP contribution in [0, 0.1) is 13.8 Å². The molecule has 1 aromatic carbocycles. The number of aromatic nitrogens is 1. The normalized spacial score (nSPS) is 15.9. The Morgan fingerprint density at radius 3 is 2.41 bits per heavy atom. The molecule has 9 heteroatoms. The molecule has 0 radical (unpaired) electrons. The van der Waals surface area contributed by atoms with E-state index in [9.17, 15) is 13.2 Å². The largest absolute Gasteiger partial charge is 0.367 e. The second-order valence-corrected chi connectivity index (χ2v) is 8.29. The molecule has 1 fully saturated rings. The predicted molar refractivity (Wildman–Crippen MR) is 97.4 cm³/mol. The van der Waals surface area contributed by atoms with Crippen molar-refractivity contribution < 1.29 is 22.5 Å². The summed E-state index contributed by atoms with van der Waals surface area (Å²) in [6, 6.07) is 9.62. The summed E-state index contributed by atoms with van der Waals surface area (Å²) in [4.78, 5) is 14.0. The van der Waals surface area contributed by atoms with Crippen LogP contribution < -0.4 is 0 Å². The fourth-order valence-electron chi connectivity index (χ4n) is 3.07. The van der Waals surface area contributed by atoms with E-state index in [0.717, 1.165) is 5.56 Å². The van der Waals surface area contributed by atoms with E-state index in [1.807, 2.05) is 30.3 Å². The number of hydrogen-bond acceptors (Lipinski definition) is 6. The number of amides is 1. The Hall–Kier alpha value is -2.23. The van der Waals surface area contributed by atoms with E-state index >= 15 is 0 Å². The Kier molecular flexibility index (Phi) is 5.93. The van der Waals surface area contributed by atoms with Gasteiger partial charge >= 0.3 is 0 Å². The number of nitrogens with zero attached hydrogens (tertiary/aromatic N) is 3. The van der Waals surface area contributed by atoms with E-state index in [4.69, 9.17) is 9.26 Å². The van der Waals surface area contributed by atoms with Gasteiger partial charge in [-0.25, -0.2) is 8.42 Å². The molecule has 0 unspecified atom stereocenters. The van der Waals surface area contributed by atoms with E-state index in [1.165, 1.54) is 4.31 Å². The molecule has 1 aliphatic heterocycles. The first-order valence-corrected chi connectivity index (χ1v) is 10.2. The third-order valence-electron chi connectivity index (χ3n) is 4.49. The van der Waals surface area contributed by atoms with Gasteiger partial charge in [0.1, 0.15) is 17.2 Å². The zero-order valence-corrected chi connectivity index (χ0v) is 16.2. The van der Waals surface area contributed by atoms with Gasteiger partial charge in [0, 0.05) is 26.2 Å². The summed E-state index contributed by atoms with van der Waals surface area (Å²) in [5.41, 5.74) is 1.35. The van der Waals surface area contributed by atoms with Crippen molar-refractivity contribution in [2.24, 2.45) is 0 Å². The van der Waals surface area contributed by atoms with Crippen molar-refractivity contribution in [2.75, 3.05) is 32.8 Å². The lowest BCUT2D eigenvalue weighted by Gasteiger charge is -2.33. The number of rotatable bonds is 6. The highest BCUT2D eigenvalue weighted by Crippen LogP contribution is 2.24. The van der Waals surface area contributed by atoms with E-state index < -0.39 is 10.0 Å². The second-order valence-electron chi connectivity index (χ2n) is 6.42. The Morgan fingerprint density at radius 2 is 1.81 bits per heavy atom. The van der Waals surface area contributed by atoms with Gasteiger partial charge in [0.2, 0.25) is 15.9 Å². The molecule has 0 N–H and O–H groups in total. The molecule has 146 valence electrons. The maximum absolute atomic E-state index is 12.8. The summed E-state index contributed by atoms with van der Waals surface area (Å²) in [6.45, 7) is 4.66. The molecule has 0 bridgehead atoms. The number of aryl methyl sites for hydroxylation is 2. The number of hydrogen-bond donors (Lipinski definition) is 0. The Morgan fingerprint density at radius 1 is 1.15 bits per heavy atom. The minimum atomic E-state index is -3.67. The molecule has 1 aliphatic rings. The lowest BCUT2D eigenvalue weighted by Crippen LogP contribution is -2.51. The molecule has 8 nitrogen and oxygen atoms in total. The summed E-state index contributed by atoms with van der Waals surface area (Å²) in [5, 5.41) is 3.72. The number of piperazine rings is 1. The summed E-state index contributed by atoms with van der Waals surface area (Å²) < 4.78 is 37.4. The summed E-state index contributed by atoms with van der Waals surface area (Å²) in [7, 11) is -3.67. The number of carbonyl (C=O) groups excluding carboxylic acids is 1. The van der Waals surface area contributed by atoms with Crippen LogP contribution in [0.2, 0.25) is 0 Å². The molecule has 2 aromatic rings. The first-order valence-electron chi connectivity index (χ1n) is 8.72. The lowest BCUT2D eigenvalue weighted by molar-refractivity contribution is -0.137. The van der Waals surface area contributed by atoms with Crippen LogP contribution in [0.15, 0.2) is 39.8 Å². The molecule has 1 saturated heterocycles. The summed E-state index contributed by atoms with van der Waals surface area (Å²) in [6.07, 6.45) is 0. The van der Waals surface area contributed by atoms with E-state index in [0.29, 0.717) is 25.4 Å². The molecule has 0 saturated carbocycles. The van der Waals surface area contributed by atoms with Crippen LogP contribution in [0.4, 0.5) is 0 Å². The first kappa shape index (κ1) is 19.5. The SMILES string of the molecule is Cc1noc(C)c1S(=O)(=O)N1CCN(C(=O)COCc2ccccc2)CC1. The highest BCUT2D eigenvalue weighted by Gasteiger charge is 2.34. The van der Waals surface area contributed by atoms with Crippen LogP contribution in [0.1, 0.15) is 17.0 Å². The number of benzene rings is 1. The van der Waals surface area contributed by atoms with Gasteiger partial charge in [0.05, 0.1) is 6.61 Å². The minimum absolute atomic E-state index is 0.0223. The number of carbonyl (C=O) groups is 1. The highest BCUT2D eigenvalue weighted by atomic mass is 32.2. The molecule has 27 heavy (non-hydrogen) atoms. The topological polar surface area (TPSA) is 93.0 Å². The Bertz CT molecular complexity index is 867. The van der Waals surface area contributed by atoms with Gasteiger partial charge in [0.15, 0.2) is 5.76 Å². The lowest BCUT2D eigenvalue weighted by atomic mass is 10.2. The Labute approximate surface area is 158 Å². The monoisotopic (exact) mass is 393 g/mol. The minimum Gasteiger partial charge on any atom is -0.367 e. The molecule has 3 rings (SSSR count). The third-order valence-corrected chi connectivity index (χ3v) is 6.64. The molecule has 1 amide bonds. The maximum Gasteiger partial charge on any atom is 0.248 e. The first-order chi connectivity index (χ1) is 12.9. The van der Waals surface area contributed by atoms with Crippen molar-refractivity contribution in [3.8, 4) is 0 Å². The Balaban J connectivity index is 1.52. The molecule has 0 spiro atoms. The number of sulfonamides is 1. The van der Waals surface area contributed by atoms with Crippen LogP contribution in [0.3, 0.4) is 0 Å². The second kappa shape index (κ2) is 8.20. The van der Waals surface area contributed by atoms with Gasteiger partial charge in [0.25, 0.3) is 0 Å². The zero-order valence-electron chi connectivity index (χ0n) is 15.4. The van der Waals surface area contributed by atoms with Crippen molar-refractivity contribution in [3.63, 3.8) is 0 Å². The molecule has 0 atom stereocenters. The van der Waals surface area contributed by atoms with E-state index in [1.54, 1.807) is 18.7 Å². The molecule has 2 heterocycles. The van der Waals surface area contributed by atoms with Crippen LogP contribution in [-0.4, -0.2) is 61.5 Å². The van der Waals surface area contributed by atoms with Crippen molar-refractivity contribution in [3.05, 3.63) is 47.3 Å². The third kappa shape index (κ3) is 4.37. The molecular formula is C18H23N3O5S. The van der Waals surface area contributed by atoms with Crippen molar-refractivity contribution in [1.82, 2.24) is 14.4 Å². The van der Waals surface area contributed by atoms with Crippen LogP contribution in [-0.2, 0) is 26.2 Å². The van der Waals surface area contributed by atoms with Gasteiger partial charge in [-0.1, -0.05) is 35.5 Å². The van der Waals surface area contributed by atoms with Gasteiger partial charge in [-0.15, -0.1) is 0 Å². The standard InChI is InChI=1S/C18H23N3O5S/c1-14-18(15(2)26-19-14)27(23,24)21-10-8-20(9-11-21)17(22)13-25-12-16-6-4-3-5-7-16/h3-7H,8-13H2,1-2H3. The summed E-state index contributed by atoms with van der Waals surface area (Å²) >= 11 is 0. The van der Waals surface area contributed by atoms with Crippen molar-refractivity contribution >= 4 is 15.9 Å². The molecule has 0 aliphatic carbocycles. The molecule has 1 aromatic heterocycles. The fourth-order valence-corrected chi connectivity index (χ4v) is 4.78. The summed E-state index contributed by atoms with van der Waals surface area (Å²) in [5.74, 6) is 0.139. The van der Waals surface area contributed by atoms with Crippen molar-refractivity contribution in [2.45, 2.75) is 25.3 Å². The van der Waals surface area contributed by atoms with E-state index in [2.05, 4.69) is 5.16 Å². The molecular weight excluding hydrogens is 370 g/mol. The van der Waals surface area contributed by atoms with Gasteiger partial charge in [-0.2, -0.15) is 4.31 Å². The van der Waals surface area contributed by atoms with Crippen LogP contribution >= 0.6 is 0 Å². The zero-order chi connectivity index (χ0) is 19.4. The van der Waals surface area contributed by atoms with Gasteiger partial charge in [-0.3, -0.25) is 4.79 Å².